The number of benzene rings is 1. The molecule has 0 aliphatic heterocycles. The van der Waals surface area contributed by atoms with Gasteiger partial charge in [-0.25, -0.2) is 0 Å². The number of carbonyl (C=O) groups excluding carboxylic acids is 1. The first-order valence-electron chi connectivity index (χ1n) is 6.90. The van der Waals surface area contributed by atoms with Crippen LogP contribution < -0.4 is 10.1 Å². The summed E-state index contributed by atoms with van der Waals surface area (Å²) in [5.41, 5.74) is 0.812. The van der Waals surface area contributed by atoms with Crippen LogP contribution in [0.2, 0.25) is 0 Å². The second kappa shape index (κ2) is 9.20. The molecule has 0 saturated heterocycles. The van der Waals surface area contributed by atoms with Crippen molar-refractivity contribution in [3.05, 3.63) is 36.9 Å². The minimum absolute atomic E-state index is 0.0795. The Kier molecular flexibility index (Phi) is 7.40. The number of rotatable bonds is 9. The van der Waals surface area contributed by atoms with Gasteiger partial charge < -0.3 is 10.1 Å². The van der Waals surface area contributed by atoms with Crippen LogP contribution in [-0.4, -0.2) is 12.5 Å². The molecule has 104 valence electrons. The van der Waals surface area contributed by atoms with Gasteiger partial charge in [-0.1, -0.05) is 38.8 Å². The predicted octanol–water partition coefficient (Wildman–Crippen LogP) is 4.16. The summed E-state index contributed by atoms with van der Waals surface area (Å²) in [6.45, 7) is 6.24. The summed E-state index contributed by atoms with van der Waals surface area (Å²) in [5, 5.41) is 2.89. The molecule has 1 rings (SSSR count). The molecule has 0 aliphatic rings. The molecular formula is C16H23NO2. The second-order valence-electron chi connectivity index (χ2n) is 4.48. The Morgan fingerprint density at radius 2 is 2.00 bits per heavy atom. The summed E-state index contributed by atoms with van der Waals surface area (Å²) in [6, 6.07) is 7.39. The summed E-state index contributed by atoms with van der Waals surface area (Å²) in [5.74, 6) is 0.858. The molecule has 0 fully saturated rings. The number of carbonyl (C=O) groups is 1. The van der Waals surface area contributed by atoms with Crippen molar-refractivity contribution >= 4 is 11.6 Å². The average Bonchev–Trinajstić information content (AvgIpc) is 2.43. The Hall–Kier alpha value is -1.77. The molecular weight excluding hydrogens is 238 g/mol. The van der Waals surface area contributed by atoms with E-state index in [2.05, 4.69) is 18.8 Å². The summed E-state index contributed by atoms with van der Waals surface area (Å²) >= 11 is 0. The molecule has 0 saturated carbocycles. The molecule has 1 N–H and O–H groups in total. The van der Waals surface area contributed by atoms with Crippen LogP contribution in [0, 0.1) is 0 Å². The molecule has 0 atom stereocenters. The highest BCUT2D eigenvalue weighted by atomic mass is 16.5. The first-order valence-corrected chi connectivity index (χ1v) is 6.90. The highest BCUT2D eigenvalue weighted by Crippen LogP contribution is 2.16. The van der Waals surface area contributed by atoms with Gasteiger partial charge in [0.2, 0.25) is 5.91 Å². The number of nitrogens with one attached hydrogen (secondary N) is 1. The molecule has 1 aromatic carbocycles. The van der Waals surface area contributed by atoms with E-state index in [9.17, 15) is 4.79 Å². The van der Waals surface area contributed by atoms with Gasteiger partial charge in [0, 0.05) is 12.1 Å². The lowest BCUT2D eigenvalue weighted by atomic mass is 10.1. The maximum absolute atomic E-state index is 11.7. The van der Waals surface area contributed by atoms with E-state index in [1.165, 1.54) is 12.8 Å². The van der Waals surface area contributed by atoms with Crippen molar-refractivity contribution in [3.63, 3.8) is 0 Å². The summed E-state index contributed by atoms with van der Waals surface area (Å²) in [7, 11) is 0. The van der Waals surface area contributed by atoms with Crippen LogP contribution in [0.4, 0.5) is 5.69 Å². The third-order valence-electron chi connectivity index (χ3n) is 2.76. The zero-order chi connectivity index (χ0) is 13.9. The molecule has 3 heteroatoms. The van der Waals surface area contributed by atoms with Crippen LogP contribution in [0.25, 0.3) is 0 Å². The molecule has 1 aromatic rings. The summed E-state index contributed by atoms with van der Waals surface area (Å²) in [6.07, 6.45) is 6.76. The molecule has 0 heterocycles. The van der Waals surface area contributed by atoms with Gasteiger partial charge in [-0.05, 0) is 30.7 Å². The van der Waals surface area contributed by atoms with E-state index in [-0.39, 0.29) is 5.91 Å². The zero-order valence-electron chi connectivity index (χ0n) is 11.7. The fraction of sp³-hybridized carbons (Fsp3) is 0.438. The fourth-order valence-electron chi connectivity index (χ4n) is 1.73. The van der Waals surface area contributed by atoms with E-state index in [0.717, 1.165) is 24.3 Å². The van der Waals surface area contributed by atoms with Gasteiger partial charge >= 0.3 is 0 Å². The van der Waals surface area contributed by atoms with E-state index in [0.29, 0.717) is 13.0 Å². The Morgan fingerprint density at radius 1 is 1.26 bits per heavy atom. The third-order valence-corrected chi connectivity index (χ3v) is 2.76. The van der Waals surface area contributed by atoms with Crippen molar-refractivity contribution in [2.24, 2.45) is 0 Å². The molecule has 0 radical (unpaired) electrons. The van der Waals surface area contributed by atoms with Crippen molar-refractivity contribution in [3.8, 4) is 5.75 Å². The highest BCUT2D eigenvalue weighted by Gasteiger charge is 2.02. The molecule has 1 amide bonds. The van der Waals surface area contributed by atoms with Crippen molar-refractivity contribution in [1.82, 2.24) is 0 Å². The molecule has 0 unspecified atom stereocenters. The van der Waals surface area contributed by atoms with Gasteiger partial charge in [0.25, 0.3) is 0 Å². The zero-order valence-corrected chi connectivity index (χ0v) is 11.7. The second-order valence-corrected chi connectivity index (χ2v) is 4.48. The SMILES string of the molecule is C=CCOc1ccc(NC(=O)CCCCCC)cc1. The van der Waals surface area contributed by atoms with Gasteiger partial charge in [-0.3, -0.25) is 4.79 Å². The smallest absolute Gasteiger partial charge is 0.224 e. The van der Waals surface area contributed by atoms with E-state index in [4.69, 9.17) is 4.74 Å². The van der Waals surface area contributed by atoms with E-state index < -0.39 is 0 Å². The number of amides is 1. The number of hydrogen-bond acceptors (Lipinski definition) is 2. The average molecular weight is 261 g/mol. The van der Waals surface area contributed by atoms with Gasteiger partial charge in [-0.2, -0.15) is 0 Å². The van der Waals surface area contributed by atoms with Gasteiger partial charge in [0.1, 0.15) is 12.4 Å². The standard InChI is InChI=1S/C16H23NO2/c1-3-5-6-7-8-16(18)17-14-9-11-15(12-10-14)19-13-4-2/h4,9-12H,2-3,5-8,13H2,1H3,(H,17,18). The molecule has 0 aromatic heterocycles. The van der Waals surface area contributed by atoms with E-state index in [1.54, 1.807) is 6.08 Å². The Morgan fingerprint density at radius 3 is 2.63 bits per heavy atom. The van der Waals surface area contributed by atoms with Crippen LogP contribution in [0.1, 0.15) is 39.0 Å². The van der Waals surface area contributed by atoms with Crippen molar-refractivity contribution in [2.45, 2.75) is 39.0 Å². The monoisotopic (exact) mass is 261 g/mol. The van der Waals surface area contributed by atoms with Crippen LogP contribution >= 0.6 is 0 Å². The van der Waals surface area contributed by atoms with E-state index in [1.807, 2.05) is 24.3 Å². The van der Waals surface area contributed by atoms with E-state index >= 15 is 0 Å². The fourth-order valence-corrected chi connectivity index (χ4v) is 1.73. The predicted molar refractivity (Wildman–Crippen MR) is 79.5 cm³/mol. The normalized spacial score (nSPS) is 9.95. The molecule has 19 heavy (non-hydrogen) atoms. The van der Waals surface area contributed by atoms with Crippen LogP contribution in [0.5, 0.6) is 5.75 Å². The summed E-state index contributed by atoms with van der Waals surface area (Å²) < 4.78 is 5.38. The number of hydrogen-bond donors (Lipinski definition) is 1. The van der Waals surface area contributed by atoms with Crippen LogP contribution in [0.3, 0.4) is 0 Å². The van der Waals surface area contributed by atoms with Gasteiger partial charge in [-0.15, -0.1) is 0 Å². The topological polar surface area (TPSA) is 38.3 Å². The van der Waals surface area contributed by atoms with Crippen LogP contribution in [0.15, 0.2) is 36.9 Å². The highest BCUT2D eigenvalue weighted by molar-refractivity contribution is 5.90. The van der Waals surface area contributed by atoms with Crippen molar-refractivity contribution in [1.29, 1.82) is 0 Å². The van der Waals surface area contributed by atoms with Crippen molar-refractivity contribution in [2.75, 3.05) is 11.9 Å². The lowest BCUT2D eigenvalue weighted by molar-refractivity contribution is -0.116. The van der Waals surface area contributed by atoms with Gasteiger partial charge in [0.05, 0.1) is 0 Å². The molecule has 0 spiro atoms. The maximum Gasteiger partial charge on any atom is 0.224 e. The molecule has 3 nitrogen and oxygen atoms in total. The molecule has 0 bridgehead atoms. The summed E-state index contributed by atoms with van der Waals surface area (Å²) in [4.78, 5) is 11.7. The number of ether oxygens (including phenoxy) is 1. The minimum atomic E-state index is 0.0795. The molecule has 0 aliphatic carbocycles. The lowest BCUT2D eigenvalue weighted by Gasteiger charge is -2.07. The lowest BCUT2D eigenvalue weighted by Crippen LogP contribution is -2.10. The quantitative estimate of drug-likeness (QED) is 0.535. The first-order chi connectivity index (χ1) is 9.26. The van der Waals surface area contributed by atoms with Crippen LogP contribution in [-0.2, 0) is 4.79 Å². The third kappa shape index (κ3) is 6.65. The Labute approximate surface area is 115 Å². The Bertz CT molecular complexity index is 384. The number of unbranched alkanes of at least 4 members (excludes halogenated alkanes) is 3. The van der Waals surface area contributed by atoms with Crippen molar-refractivity contribution < 1.29 is 9.53 Å². The Balaban J connectivity index is 2.31. The largest absolute Gasteiger partial charge is 0.490 e. The number of anilines is 1. The van der Waals surface area contributed by atoms with Gasteiger partial charge in [0.15, 0.2) is 0 Å². The maximum atomic E-state index is 11.7. The first kappa shape index (κ1) is 15.3. The minimum Gasteiger partial charge on any atom is -0.490 e.